The standard InChI is InChI=1S/C10H13BrClNO/c1-6(2-3-13)8-4-7(12)5-9(11)10(8)14/h4-6,14H,2-3,13H2,1H3. The van der Waals surface area contributed by atoms with Gasteiger partial charge in [0.05, 0.1) is 4.47 Å². The third-order valence-electron chi connectivity index (χ3n) is 2.19. The summed E-state index contributed by atoms with van der Waals surface area (Å²) in [6, 6.07) is 3.46. The fraction of sp³-hybridized carbons (Fsp3) is 0.400. The number of phenols is 1. The highest BCUT2D eigenvalue weighted by atomic mass is 79.9. The highest BCUT2D eigenvalue weighted by Crippen LogP contribution is 2.36. The zero-order valence-electron chi connectivity index (χ0n) is 7.93. The maximum Gasteiger partial charge on any atom is 0.133 e. The minimum Gasteiger partial charge on any atom is -0.506 e. The number of benzene rings is 1. The van der Waals surface area contributed by atoms with E-state index in [1.807, 2.05) is 6.92 Å². The molecule has 0 heterocycles. The van der Waals surface area contributed by atoms with Crippen molar-refractivity contribution in [2.75, 3.05) is 6.54 Å². The third-order valence-corrected chi connectivity index (χ3v) is 3.01. The molecule has 0 aliphatic heterocycles. The molecule has 0 fully saturated rings. The molecule has 1 aromatic carbocycles. The van der Waals surface area contributed by atoms with Gasteiger partial charge in [-0.3, -0.25) is 0 Å². The Morgan fingerprint density at radius 2 is 2.21 bits per heavy atom. The highest BCUT2D eigenvalue weighted by Gasteiger charge is 2.13. The molecule has 0 spiro atoms. The van der Waals surface area contributed by atoms with Crippen LogP contribution in [0.2, 0.25) is 5.02 Å². The van der Waals surface area contributed by atoms with Gasteiger partial charge < -0.3 is 10.8 Å². The maximum absolute atomic E-state index is 9.77. The van der Waals surface area contributed by atoms with Gasteiger partial charge in [0.25, 0.3) is 0 Å². The second kappa shape index (κ2) is 5.01. The molecule has 1 unspecified atom stereocenters. The summed E-state index contributed by atoms with van der Waals surface area (Å²) < 4.78 is 0.629. The van der Waals surface area contributed by atoms with Crippen molar-refractivity contribution < 1.29 is 5.11 Å². The van der Waals surface area contributed by atoms with Crippen molar-refractivity contribution in [2.45, 2.75) is 19.3 Å². The highest BCUT2D eigenvalue weighted by molar-refractivity contribution is 9.10. The van der Waals surface area contributed by atoms with Gasteiger partial charge in [-0.05, 0) is 52.5 Å². The quantitative estimate of drug-likeness (QED) is 0.891. The summed E-state index contributed by atoms with van der Waals surface area (Å²) in [4.78, 5) is 0. The minimum absolute atomic E-state index is 0.218. The molecule has 1 aromatic rings. The number of nitrogens with two attached hydrogens (primary N) is 1. The molecule has 1 atom stereocenters. The lowest BCUT2D eigenvalue weighted by Gasteiger charge is -2.13. The zero-order chi connectivity index (χ0) is 10.7. The van der Waals surface area contributed by atoms with Gasteiger partial charge in [0, 0.05) is 5.02 Å². The van der Waals surface area contributed by atoms with Crippen LogP contribution in [0.1, 0.15) is 24.8 Å². The Morgan fingerprint density at radius 3 is 2.79 bits per heavy atom. The SMILES string of the molecule is CC(CCN)c1cc(Cl)cc(Br)c1O. The lowest BCUT2D eigenvalue weighted by Crippen LogP contribution is -2.04. The minimum atomic E-state index is 0.218. The normalized spacial score (nSPS) is 12.9. The van der Waals surface area contributed by atoms with Crippen molar-refractivity contribution in [3.63, 3.8) is 0 Å². The van der Waals surface area contributed by atoms with Crippen molar-refractivity contribution in [3.8, 4) is 5.75 Å². The Bertz CT molecular complexity index is 330. The molecule has 0 saturated carbocycles. The van der Waals surface area contributed by atoms with E-state index in [1.165, 1.54) is 0 Å². The summed E-state index contributed by atoms with van der Waals surface area (Å²) in [5.41, 5.74) is 6.31. The van der Waals surface area contributed by atoms with Crippen molar-refractivity contribution in [1.29, 1.82) is 0 Å². The Hall–Kier alpha value is -0.250. The Labute approximate surface area is 97.2 Å². The van der Waals surface area contributed by atoms with Gasteiger partial charge in [0.2, 0.25) is 0 Å². The molecule has 0 bridgehead atoms. The predicted octanol–water partition coefficient (Wildman–Crippen LogP) is 3.26. The number of hydrogen-bond donors (Lipinski definition) is 2. The fourth-order valence-corrected chi connectivity index (χ4v) is 2.20. The Balaban J connectivity index is 3.07. The lowest BCUT2D eigenvalue weighted by atomic mass is 9.97. The van der Waals surface area contributed by atoms with Gasteiger partial charge in [-0.1, -0.05) is 18.5 Å². The summed E-state index contributed by atoms with van der Waals surface area (Å²) >= 11 is 9.14. The van der Waals surface area contributed by atoms with Crippen molar-refractivity contribution in [1.82, 2.24) is 0 Å². The average molecular weight is 279 g/mol. The molecule has 0 aromatic heterocycles. The molecule has 0 aliphatic rings. The molecule has 1 rings (SSSR count). The lowest BCUT2D eigenvalue weighted by molar-refractivity contribution is 0.457. The van der Waals surface area contributed by atoms with Gasteiger partial charge in [-0.25, -0.2) is 0 Å². The van der Waals surface area contributed by atoms with E-state index in [-0.39, 0.29) is 11.7 Å². The third kappa shape index (κ3) is 2.62. The van der Waals surface area contributed by atoms with Crippen molar-refractivity contribution in [3.05, 3.63) is 27.2 Å². The zero-order valence-corrected chi connectivity index (χ0v) is 10.3. The van der Waals surface area contributed by atoms with E-state index in [4.69, 9.17) is 17.3 Å². The number of aromatic hydroxyl groups is 1. The van der Waals surface area contributed by atoms with E-state index >= 15 is 0 Å². The largest absolute Gasteiger partial charge is 0.506 e. The second-order valence-corrected chi connectivity index (χ2v) is 4.59. The van der Waals surface area contributed by atoms with Gasteiger partial charge in [0.1, 0.15) is 5.75 Å². The first-order chi connectivity index (χ1) is 6.56. The topological polar surface area (TPSA) is 46.2 Å². The first kappa shape index (κ1) is 11.8. The monoisotopic (exact) mass is 277 g/mol. The van der Waals surface area contributed by atoms with Crippen LogP contribution in [0, 0.1) is 0 Å². The smallest absolute Gasteiger partial charge is 0.133 e. The van der Waals surface area contributed by atoms with Crippen LogP contribution in [0.5, 0.6) is 5.75 Å². The molecule has 0 aliphatic carbocycles. The molecule has 4 heteroatoms. The van der Waals surface area contributed by atoms with Crippen LogP contribution in [0.3, 0.4) is 0 Å². The Kier molecular flexibility index (Phi) is 4.23. The summed E-state index contributed by atoms with van der Waals surface area (Å²) in [6.45, 7) is 2.62. The Morgan fingerprint density at radius 1 is 1.57 bits per heavy atom. The molecular weight excluding hydrogens is 265 g/mol. The molecule has 2 nitrogen and oxygen atoms in total. The van der Waals surface area contributed by atoms with Gasteiger partial charge >= 0.3 is 0 Å². The number of halogens is 2. The summed E-state index contributed by atoms with van der Waals surface area (Å²) in [6.07, 6.45) is 0.834. The molecule has 78 valence electrons. The van der Waals surface area contributed by atoms with Gasteiger partial charge in [0.15, 0.2) is 0 Å². The molecule has 0 radical (unpaired) electrons. The van der Waals surface area contributed by atoms with Gasteiger partial charge in [-0.15, -0.1) is 0 Å². The first-order valence-corrected chi connectivity index (χ1v) is 5.61. The van der Waals surface area contributed by atoms with Crippen LogP contribution in [-0.2, 0) is 0 Å². The molecule has 0 saturated heterocycles. The molecule has 0 amide bonds. The van der Waals surface area contributed by atoms with Crippen LogP contribution in [0.15, 0.2) is 16.6 Å². The van der Waals surface area contributed by atoms with E-state index in [0.717, 1.165) is 12.0 Å². The summed E-state index contributed by atoms with van der Waals surface area (Å²) in [7, 11) is 0. The van der Waals surface area contributed by atoms with E-state index in [2.05, 4.69) is 15.9 Å². The second-order valence-electron chi connectivity index (χ2n) is 3.30. The first-order valence-electron chi connectivity index (χ1n) is 4.44. The van der Waals surface area contributed by atoms with Gasteiger partial charge in [-0.2, -0.15) is 0 Å². The van der Waals surface area contributed by atoms with Crippen LogP contribution >= 0.6 is 27.5 Å². The average Bonchev–Trinajstić information content (AvgIpc) is 2.11. The van der Waals surface area contributed by atoms with E-state index in [0.29, 0.717) is 16.0 Å². The van der Waals surface area contributed by atoms with E-state index in [9.17, 15) is 5.11 Å². The number of hydrogen-bond acceptors (Lipinski definition) is 2. The van der Waals surface area contributed by atoms with Crippen LogP contribution in [0.4, 0.5) is 0 Å². The number of phenolic OH excluding ortho intramolecular Hbond substituents is 1. The molecule has 3 N–H and O–H groups in total. The van der Waals surface area contributed by atoms with Crippen LogP contribution in [-0.4, -0.2) is 11.7 Å². The maximum atomic E-state index is 9.77. The molecule has 14 heavy (non-hydrogen) atoms. The number of rotatable bonds is 3. The fourth-order valence-electron chi connectivity index (χ4n) is 1.37. The van der Waals surface area contributed by atoms with E-state index < -0.39 is 0 Å². The summed E-state index contributed by atoms with van der Waals surface area (Å²) in [5, 5.41) is 10.4. The van der Waals surface area contributed by atoms with Crippen molar-refractivity contribution in [2.24, 2.45) is 5.73 Å². The molecular formula is C10H13BrClNO. The van der Waals surface area contributed by atoms with Crippen molar-refractivity contribution >= 4 is 27.5 Å². The van der Waals surface area contributed by atoms with E-state index in [1.54, 1.807) is 12.1 Å². The predicted molar refractivity (Wildman–Crippen MR) is 62.9 cm³/mol. The summed E-state index contributed by atoms with van der Waals surface area (Å²) in [5.74, 6) is 0.477. The van der Waals surface area contributed by atoms with Crippen LogP contribution < -0.4 is 5.73 Å². The van der Waals surface area contributed by atoms with Crippen LogP contribution in [0.25, 0.3) is 0 Å².